The molecule has 0 unspecified atom stereocenters. The number of benzene rings is 2. The minimum Gasteiger partial charge on any atom is -0.495 e. The van der Waals surface area contributed by atoms with Gasteiger partial charge in [0, 0.05) is 6.54 Å². The quantitative estimate of drug-likeness (QED) is 0.464. The monoisotopic (exact) mass is 379 g/mol. The molecule has 0 aliphatic heterocycles. The Morgan fingerprint density at radius 1 is 1.04 bits per heavy atom. The van der Waals surface area contributed by atoms with Crippen molar-refractivity contribution in [2.45, 2.75) is 20.4 Å². The standard InChI is InChI=1S/C20H21N5O3/c1-13-4-7-15(8-5-13)11-21-19-18(25(26)27)20(23-12-22-19)24-16-10-14(2)6-9-17(16)28-3/h4-10,12H,11H2,1-3H3,(H2,21,22,23,24). The van der Waals surface area contributed by atoms with Crippen LogP contribution in [0, 0.1) is 24.0 Å². The van der Waals surface area contributed by atoms with Gasteiger partial charge in [-0.05, 0) is 37.1 Å². The maximum atomic E-state index is 11.7. The molecule has 2 aromatic carbocycles. The van der Waals surface area contributed by atoms with Crippen LogP contribution in [-0.4, -0.2) is 22.0 Å². The minimum absolute atomic E-state index is 0.0929. The molecule has 144 valence electrons. The van der Waals surface area contributed by atoms with Crippen LogP contribution in [0.25, 0.3) is 0 Å². The molecule has 0 saturated heterocycles. The molecule has 3 aromatic rings. The molecule has 0 aliphatic carbocycles. The molecule has 2 N–H and O–H groups in total. The molecule has 0 atom stereocenters. The summed E-state index contributed by atoms with van der Waals surface area (Å²) in [5, 5.41) is 17.8. The second-order valence-electron chi connectivity index (χ2n) is 6.34. The lowest BCUT2D eigenvalue weighted by Gasteiger charge is -2.13. The zero-order chi connectivity index (χ0) is 20.1. The summed E-state index contributed by atoms with van der Waals surface area (Å²) in [6.45, 7) is 4.34. The molecule has 1 heterocycles. The largest absolute Gasteiger partial charge is 0.495 e. The summed E-state index contributed by atoms with van der Waals surface area (Å²) in [6, 6.07) is 13.4. The lowest BCUT2D eigenvalue weighted by atomic mass is 10.1. The van der Waals surface area contributed by atoms with Gasteiger partial charge in [-0.2, -0.15) is 0 Å². The van der Waals surface area contributed by atoms with E-state index in [2.05, 4.69) is 20.6 Å². The van der Waals surface area contributed by atoms with Crippen molar-refractivity contribution in [2.75, 3.05) is 17.7 Å². The van der Waals surface area contributed by atoms with Crippen LogP contribution in [-0.2, 0) is 6.54 Å². The molecule has 0 aliphatic rings. The third kappa shape index (κ3) is 4.35. The first-order valence-corrected chi connectivity index (χ1v) is 8.68. The predicted molar refractivity (Wildman–Crippen MR) is 108 cm³/mol. The van der Waals surface area contributed by atoms with E-state index < -0.39 is 4.92 Å². The van der Waals surface area contributed by atoms with Crippen molar-refractivity contribution < 1.29 is 9.66 Å². The van der Waals surface area contributed by atoms with Crippen molar-refractivity contribution in [1.82, 2.24) is 9.97 Å². The highest BCUT2D eigenvalue weighted by atomic mass is 16.6. The van der Waals surface area contributed by atoms with Crippen molar-refractivity contribution in [3.63, 3.8) is 0 Å². The van der Waals surface area contributed by atoms with Gasteiger partial charge >= 0.3 is 5.69 Å². The molecule has 1 aromatic heterocycles. The number of anilines is 3. The molecular formula is C20H21N5O3. The van der Waals surface area contributed by atoms with Gasteiger partial charge in [-0.3, -0.25) is 10.1 Å². The highest BCUT2D eigenvalue weighted by molar-refractivity contribution is 5.76. The number of aryl methyl sites for hydroxylation is 2. The molecular weight excluding hydrogens is 358 g/mol. The Morgan fingerprint density at radius 3 is 2.39 bits per heavy atom. The lowest BCUT2D eigenvalue weighted by Crippen LogP contribution is -2.08. The predicted octanol–water partition coefficient (Wildman–Crippen LogP) is 4.37. The molecule has 3 rings (SSSR count). The van der Waals surface area contributed by atoms with E-state index in [1.807, 2.05) is 50.2 Å². The van der Waals surface area contributed by atoms with E-state index in [0.29, 0.717) is 18.0 Å². The second kappa shape index (κ2) is 8.34. The van der Waals surface area contributed by atoms with Gasteiger partial charge in [0.05, 0.1) is 17.7 Å². The van der Waals surface area contributed by atoms with E-state index >= 15 is 0 Å². The van der Waals surface area contributed by atoms with Gasteiger partial charge in [-0.15, -0.1) is 0 Å². The fourth-order valence-electron chi connectivity index (χ4n) is 2.71. The summed E-state index contributed by atoms with van der Waals surface area (Å²) in [5.41, 5.74) is 3.49. The van der Waals surface area contributed by atoms with E-state index in [9.17, 15) is 10.1 Å². The molecule has 8 heteroatoms. The Kier molecular flexibility index (Phi) is 5.69. The molecule has 0 radical (unpaired) electrons. The Hall–Kier alpha value is -3.68. The number of rotatable bonds is 7. The van der Waals surface area contributed by atoms with Gasteiger partial charge in [-0.1, -0.05) is 35.9 Å². The molecule has 0 fully saturated rings. The minimum atomic E-state index is -0.498. The Bertz CT molecular complexity index is 990. The Morgan fingerprint density at radius 2 is 1.71 bits per heavy atom. The van der Waals surface area contributed by atoms with Crippen molar-refractivity contribution in [2.24, 2.45) is 0 Å². The van der Waals surface area contributed by atoms with Crippen molar-refractivity contribution in [1.29, 1.82) is 0 Å². The van der Waals surface area contributed by atoms with Crippen LogP contribution in [0.4, 0.5) is 23.0 Å². The average Bonchev–Trinajstić information content (AvgIpc) is 2.67. The zero-order valence-corrected chi connectivity index (χ0v) is 15.9. The third-order valence-electron chi connectivity index (χ3n) is 4.19. The Labute approximate surface area is 162 Å². The first-order chi connectivity index (χ1) is 13.5. The summed E-state index contributed by atoms with van der Waals surface area (Å²) in [6.07, 6.45) is 1.29. The van der Waals surface area contributed by atoms with E-state index in [1.54, 1.807) is 13.2 Å². The highest BCUT2D eigenvalue weighted by Crippen LogP contribution is 2.34. The number of hydrogen-bond donors (Lipinski definition) is 2. The first kappa shape index (κ1) is 19.1. The van der Waals surface area contributed by atoms with Crippen molar-refractivity contribution >= 4 is 23.0 Å². The fraction of sp³-hybridized carbons (Fsp3) is 0.200. The maximum Gasteiger partial charge on any atom is 0.353 e. The van der Waals surface area contributed by atoms with Gasteiger partial charge in [0.15, 0.2) is 0 Å². The number of methoxy groups -OCH3 is 1. The van der Waals surface area contributed by atoms with Crippen LogP contribution in [0.15, 0.2) is 48.8 Å². The fourth-order valence-corrected chi connectivity index (χ4v) is 2.71. The summed E-state index contributed by atoms with van der Waals surface area (Å²) >= 11 is 0. The van der Waals surface area contributed by atoms with Crippen LogP contribution < -0.4 is 15.4 Å². The third-order valence-corrected chi connectivity index (χ3v) is 4.19. The van der Waals surface area contributed by atoms with Crippen LogP contribution in [0.5, 0.6) is 5.75 Å². The van der Waals surface area contributed by atoms with Gasteiger partial charge in [0.1, 0.15) is 12.1 Å². The second-order valence-corrected chi connectivity index (χ2v) is 6.34. The molecule has 0 saturated carbocycles. The van der Waals surface area contributed by atoms with E-state index in [1.165, 1.54) is 6.33 Å². The number of aromatic nitrogens is 2. The number of hydrogen-bond acceptors (Lipinski definition) is 7. The van der Waals surface area contributed by atoms with Crippen LogP contribution in [0.3, 0.4) is 0 Å². The summed E-state index contributed by atoms with van der Waals surface area (Å²) in [5.74, 6) is 0.803. The number of nitro groups is 1. The van der Waals surface area contributed by atoms with E-state index in [4.69, 9.17) is 4.74 Å². The molecule has 28 heavy (non-hydrogen) atoms. The normalized spacial score (nSPS) is 10.4. The van der Waals surface area contributed by atoms with Gasteiger partial charge in [0.25, 0.3) is 0 Å². The van der Waals surface area contributed by atoms with E-state index in [0.717, 1.165) is 16.7 Å². The first-order valence-electron chi connectivity index (χ1n) is 8.68. The summed E-state index contributed by atoms with van der Waals surface area (Å²) < 4.78 is 5.33. The molecule has 0 bridgehead atoms. The number of ether oxygens (including phenoxy) is 1. The molecule has 0 amide bonds. The van der Waals surface area contributed by atoms with Gasteiger partial charge in [0.2, 0.25) is 11.6 Å². The molecule has 0 spiro atoms. The van der Waals surface area contributed by atoms with Crippen molar-refractivity contribution in [3.8, 4) is 5.75 Å². The van der Waals surface area contributed by atoms with Crippen LogP contribution >= 0.6 is 0 Å². The zero-order valence-electron chi connectivity index (χ0n) is 15.9. The lowest BCUT2D eigenvalue weighted by molar-refractivity contribution is -0.383. The van der Waals surface area contributed by atoms with Crippen LogP contribution in [0.1, 0.15) is 16.7 Å². The highest BCUT2D eigenvalue weighted by Gasteiger charge is 2.23. The van der Waals surface area contributed by atoms with Gasteiger partial charge < -0.3 is 15.4 Å². The number of nitrogens with one attached hydrogen (secondary N) is 2. The summed E-state index contributed by atoms with van der Waals surface area (Å²) in [7, 11) is 1.54. The van der Waals surface area contributed by atoms with Crippen LogP contribution in [0.2, 0.25) is 0 Å². The maximum absolute atomic E-state index is 11.7. The SMILES string of the molecule is COc1ccc(C)cc1Nc1ncnc(NCc2ccc(C)cc2)c1[N+](=O)[O-]. The average molecular weight is 379 g/mol. The van der Waals surface area contributed by atoms with Crippen molar-refractivity contribution in [3.05, 3.63) is 75.6 Å². The molecule has 8 nitrogen and oxygen atoms in total. The topological polar surface area (TPSA) is 102 Å². The smallest absolute Gasteiger partial charge is 0.353 e. The summed E-state index contributed by atoms with van der Waals surface area (Å²) in [4.78, 5) is 19.4. The number of nitrogens with zero attached hydrogens (tertiary/aromatic N) is 3. The van der Waals surface area contributed by atoms with Gasteiger partial charge in [-0.25, -0.2) is 9.97 Å². The van der Waals surface area contributed by atoms with E-state index in [-0.39, 0.29) is 17.3 Å². The Balaban J connectivity index is 1.90.